The van der Waals surface area contributed by atoms with Crippen LogP contribution in [0.25, 0.3) is 0 Å². The molecule has 0 spiro atoms. The Labute approximate surface area is 116 Å². The fraction of sp³-hybridized carbons (Fsp3) is 0.429. The van der Waals surface area contributed by atoms with E-state index in [1.165, 1.54) is 12.1 Å². The molecule has 0 aliphatic carbocycles. The Bertz CT molecular complexity index is 483. The Balaban J connectivity index is 3.17. The number of carboxylic acids is 2. The van der Waals surface area contributed by atoms with Gasteiger partial charge in [0.2, 0.25) is 0 Å². The van der Waals surface area contributed by atoms with Crippen LogP contribution in [0.5, 0.6) is 11.5 Å². The van der Waals surface area contributed by atoms with E-state index in [1.54, 1.807) is 13.0 Å². The van der Waals surface area contributed by atoms with E-state index < -0.39 is 18.0 Å². The molecule has 1 aromatic carbocycles. The van der Waals surface area contributed by atoms with Crippen molar-refractivity contribution < 1.29 is 29.3 Å². The van der Waals surface area contributed by atoms with Gasteiger partial charge in [0.05, 0.1) is 6.61 Å². The van der Waals surface area contributed by atoms with Crippen molar-refractivity contribution in [2.75, 3.05) is 6.61 Å². The number of aliphatic carboxylic acids is 1. The molecule has 0 bridgehead atoms. The number of hydrogen-bond donors (Lipinski definition) is 2. The normalized spacial score (nSPS) is 11.7. The van der Waals surface area contributed by atoms with E-state index >= 15 is 0 Å². The number of hydrogen-bond acceptors (Lipinski definition) is 4. The molecular formula is C14H18O6. The molecule has 6 nitrogen and oxygen atoms in total. The minimum absolute atomic E-state index is 0.0392. The first-order valence-corrected chi connectivity index (χ1v) is 6.39. The Morgan fingerprint density at radius 1 is 1.25 bits per heavy atom. The Morgan fingerprint density at radius 2 is 1.95 bits per heavy atom. The molecule has 0 aliphatic heterocycles. The lowest BCUT2D eigenvalue weighted by molar-refractivity contribution is -0.145. The summed E-state index contributed by atoms with van der Waals surface area (Å²) < 4.78 is 10.7. The van der Waals surface area contributed by atoms with Crippen molar-refractivity contribution in [2.24, 2.45) is 0 Å². The fourth-order valence-electron chi connectivity index (χ4n) is 1.71. The van der Waals surface area contributed by atoms with Gasteiger partial charge >= 0.3 is 11.9 Å². The molecule has 0 fully saturated rings. The third-order valence-corrected chi connectivity index (χ3v) is 2.60. The lowest BCUT2D eigenvalue weighted by Gasteiger charge is -2.18. The maximum Gasteiger partial charge on any atom is 0.344 e. The van der Waals surface area contributed by atoms with Crippen molar-refractivity contribution in [3.63, 3.8) is 0 Å². The summed E-state index contributed by atoms with van der Waals surface area (Å²) in [5.41, 5.74) is -0.113. The molecule has 0 saturated carbocycles. The maximum absolute atomic E-state index is 11.2. The highest BCUT2D eigenvalue weighted by Crippen LogP contribution is 2.33. The van der Waals surface area contributed by atoms with E-state index in [-0.39, 0.29) is 23.5 Å². The minimum atomic E-state index is -1.19. The van der Waals surface area contributed by atoms with Gasteiger partial charge in [0.1, 0.15) is 5.56 Å². The van der Waals surface area contributed by atoms with Crippen LogP contribution in [0.4, 0.5) is 0 Å². The van der Waals surface area contributed by atoms with Crippen LogP contribution in [-0.4, -0.2) is 34.9 Å². The molecule has 0 radical (unpaired) electrons. The lowest BCUT2D eigenvalue weighted by atomic mass is 10.1. The monoisotopic (exact) mass is 282 g/mol. The summed E-state index contributed by atoms with van der Waals surface area (Å²) in [7, 11) is 0. The van der Waals surface area contributed by atoms with Crippen molar-refractivity contribution >= 4 is 11.9 Å². The standard InChI is InChI=1S/C14H18O6/c1-3-6-11(14(17)18)20-12-9(13(15)16)7-5-8-10(12)19-4-2/h5,7-8,11H,3-4,6H2,1-2H3,(H,15,16)(H,17,18). The highest BCUT2D eigenvalue weighted by molar-refractivity contribution is 5.92. The first-order valence-electron chi connectivity index (χ1n) is 6.39. The Morgan fingerprint density at radius 3 is 2.45 bits per heavy atom. The molecule has 0 aliphatic rings. The highest BCUT2D eigenvalue weighted by Gasteiger charge is 2.24. The summed E-state index contributed by atoms with van der Waals surface area (Å²) in [5.74, 6) is -2.13. The Kier molecular flexibility index (Phi) is 5.83. The molecule has 0 heterocycles. The van der Waals surface area contributed by atoms with Crippen LogP contribution < -0.4 is 9.47 Å². The van der Waals surface area contributed by atoms with Gasteiger partial charge in [0, 0.05) is 0 Å². The van der Waals surface area contributed by atoms with E-state index in [2.05, 4.69) is 0 Å². The van der Waals surface area contributed by atoms with Crippen LogP contribution in [0.2, 0.25) is 0 Å². The number of aromatic carboxylic acids is 1. The summed E-state index contributed by atoms with van der Waals surface area (Å²) in [6.07, 6.45) is -0.204. The number of carbonyl (C=O) groups is 2. The van der Waals surface area contributed by atoms with Gasteiger partial charge < -0.3 is 19.7 Å². The van der Waals surface area contributed by atoms with Gasteiger partial charge in [-0.25, -0.2) is 9.59 Å². The zero-order valence-electron chi connectivity index (χ0n) is 11.5. The first kappa shape index (κ1) is 15.8. The second-order valence-electron chi connectivity index (χ2n) is 4.10. The summed E-state index contributed by atoms with van der Waals surface area (Å²) >= 11 is 0. The highest BCUT2D eigenvalue weighted by atomic mass is 16.5. The number of para-hydroxylation sites is 1. The molecule has 0 saturated heterocycles. The van der Waals surface area contributed by atoms with Crippen molar-refractivity contribution in [2.45, 2.75) is 32.8 Å². The smallest absolute Gasteiger partial charge is 0.344 e. The molecule has 6 heteroatoms. The second kappa shape index (κ2) is 7.37. The van der Waals surface area contributed by atoms with Crippen LogP contribution in [0.3, 0.4) is 0 Å². The minimum Gasteiger partial charge on any atom is -0.490 e. The maximum atomic E-state index is 11.2. The molecular weight excluding hydrogens is 264 g/mol. The van der Waals surface area contributed by atoms with Crippen LogP contribution in [0.15, 0.2) is 18.2 Å². The van der Waals surface area contributed by atoms with Crippen molar-refractivity contribution in [1.82, 2.24) is 0 Å². The van der Waals surface area contributed by atoms with Crippen molar-refractivity contribution in [1.29, 1.82) is 0 Å². The number of rotatable bonds is 8. The zero-order chi connectivity index (χ0) is 15.1. The van der Waals surface area contributed by atoms with E-state index in [9.17, 15) is 9.59 Å². The molecule has 20 heavy (non-hydrogen) atoms. The molecule has 2 N–H and O–H groups in total. The average Bonchev–Trinajstić information content (AvgIpc) is 2.39. The van der Waals surface area contributed by atoms with Crippen molar-refractivity contribution in [3.05, 3.63) is 23.8 Å². The second-order valence-corrected chi connectivity index (χ2v) is 4.10. The average molecular weight is 282 g/mol. The number of benzene rings is 1. The van der Waals surface area contributed by atoms with Gasteiger partial charge in [-0.3, -0.25) is 0 Å². The lowest BCUT2D eigenvalue weighted by Crippen LogP contribution is -2.27. The van der Waals surface area contributed by atoms with Crippen LogP contribution in [0.1, 0.15) is 37.0 Å². The SMILES string of the molecule is CCCC(Oc1c(OCC)cccc1C(=O)O)C(=O)O. The molecule has 110 valence electrons. The van der Waals surface area contributed by atoms with Crippen LogP contribution >= 0.6 is 0 Å². The number of carboxylic acid groups (broad SMARTS) is 2. The first-order chi connectivity index (χ1) is 9.51. The third-order valence-electron chi connectivity index (χ3n) is 2.60. The molecule has 1 atom stereocenters. The third kappa shape index (κ3) is 3.88. The summed E-state index contributed by atoms with van der Waals surface area (Å²) in [6, 6.07) is 4.43. The van der Waals surface area contributed by atoms with Gasteiger partial charge in [0.15, 0.2) is 17.6 Å². The number of ether oxygens (including phenoxy) is 2. The van der Waals surface area contributed by atoms with E-state index in [1.807, 2.05) is 6.92 Å². The van der Waals surface area contributed by atoms with Crippen LogP contribution in [0, 0.1) is 0 Å². The molecule has 0 aromatic heterocycles. The van der Waals surface area contributed by atoms with E-state index in [4.69, 9.17) is 19.7 Å². The molecule has 1 aromatic rings. The summed E-state index contributed by atoms with van der Waals surface area (Å²) in [6.45, 7) is 3.90. The zero-order valence-corrected chi connectivity index (χ0v) is 11.5. The van der Waals surface area contributed by atoms with Crippen LogP contribution in [-0.2, 0) is 4.79 Å². The van der Waals surface area contributed by atoms with Gasteiger partial charge in [-0.05, 0) is 25.5 Å². The molecule has 1 rings (SSSR count). The Hall–Kier alpha value is -2.24. The topological polar surface area (TPSA) is 93.1 Å². The van der Waals surface area contributed by atoms with Gasteiger partial charge in [-0.15, -0.1) is 0 Å². The van der Waals surface area contributed by atoms with Crippen molar-refractivity contribution in [3.8, 4) is 11.5 Å². The predicted octanol–water partition coefficient (Wildman–Crippen LogP) is 2.42. The van der Waals surface area contributed by atoms with Gasteiger partial charge in [-0.2, -0.15) is 0 Å². The molecule has 1 unspecified atom stereocenters. The van der Waals surface area contributed by atoms with Gasteiger partial charge in [-0.1, -0.05) is 19.4 Å². The predicted molar refractivity (Wildman–Crippen MR) is 71.5 cm³/mol. The quantitative estimate of drug-likeness (QED) is 0.760. The summed E-state index contributed by atoms with van der Waals surface area (Å²) in [5, 5.41) is 18.3. The largest absolute Gasteiger partial charge is 0.490 e. The fourth-order valence-corrected chi connectivity index (χ4v) is 1.71. The summed E-state index contributed by atoms with van der Waals surface area (Å²) in [4.78, 5) is 22.3. The molecule has 0 amide bonds. The van der Waals surface area contributed by atoms with E-state index in [0.29, 0.717) is 13.0 Å². The van der Waals surface area contributed by atoms with E-state index in [0.717, 1.165) is 0 Å². The van der Waals surface area contributed by atoms with Gasteiger partial charge in [0.25, 0.3) is 0 Å².